The van der Waals surface area contributed by atoms with Crippen LogP contribution in [0.1, 0.15) is 43.0 Å². The second kappa shape index (κ2) is 22.9. The van der Waals surface area contributed by atoms with Gasteiger partial charge in [-0.3, -0.25) is 24.2 Å². The first-order valence-electron chi connectivity index (χ1n) is 21.6. The summed E-state index contributed by atoms with van der Waals surface area (Å²) < 4.78 is 11.7. The van der Waals surface area contributed by atoms with Crippen molar-refractivity contribution in [2.24, 2.45) is 0 Å². The van der Waals surface area contributed by atoms with Gasteiger partial charge in [0.25, 0.3) is 11.8 Å². The molecule has 0 aliphatic rings. The summed E-state index contributed by atoms with van der Waals surface area (Å²) in [5, 5.41) is 14.0. The number of carbonyl (C=O) groups is 4. The summed E-state index contributed by atoms with van der Waals surface area (Å²) >= 11 is 0. The van der Waals surface area contributed by atoms with Gasteiger partial charge in [0.2, 0.25) is 11.8 Å². The number of nitrogens with zero attached hydrogens (tertiary/aromatic N) is 1. The zero-order valence-electron chi connectivity index (χ0n) is 36.8. The summed E-state index contributed by atoms with van der Waals surface area (Å²) in [6, 6.07) is 56.1. The van der Waals surface area contributed by atoms with Gasteiger partial charge < -0.3 is 30.7 Å². The Kier molecular flexibility index (Phi) is 15.8. The van der Waals surface area contributed by atoms with Crippen LogP contribution < -0.4 is 30.7 Å². The summed E-state index contributed by atoms with van der Waals surface area (Å²) in [4.78, 5) is 54.9. The maximum atomic E-state index is 12.9. The molecule has 0 bridgehead atoms. The average Bonchev–Trinajstić information content (AvgIpc) is 3.37. The van der Waals surface area contributed by atoms with Crippen LogP contribution in [0.4, 0.5) is 0 Å². The molecule has 8 rings (SSSR count). The van der Waals surface area contributed by atoms with E-state index >= 15 is 0 Å². The van der Waals surface area contributed by atoms with E-state index in [1.54, 1.807) is 38.5 Å². The van der Waals surface area contributed by atoms with E-state index in [-0.39, 0.29) is 23.6 Å². The molecule has 0 aliphatic heterocycles. The maximum Gasteiger partial charge on any atom is 0.252 e. The van der Waals surface area contributed by atoms with Crippen LogP contribution in [0, 0.1) is 0 Å². The van der Waals surface area contributed by atoms with Gasteiger partial charge in [0, 0.05) is 49.6 Å². The number of pyridine rings is 1. The highest BCUT2D eigenvalue weighted by atomic mass is 16.5. The highest BCUT2D eigenvalue weighted by Gasteiger charge is 2.23. The summed E-state index contributed by atoms with van der Waals surface area (Å²) in [5.41, 5.74) is 5.73. The van der Waals surface area contributed by atoms with Crippen LogP contribution in [-0.4, -0.2) is 54.8 Å². The summed E-state index contributed by atoms with van der Waals surface area (Å²) in [5.74, 6) is 0.391. The number of rotatable bonds is 16. The van der Waals surface area contributed by atoms with Crippen LogP contribution >= 0.6 is 0 Å². The lowest BCUT2D eigenvalue weighted by Gasteiger charge is -2.18. The standard InChI is InChI=1S/C28H26N2O3.C27H25N3O3/c1-29-28(32)26(30-27(31)24-14-13-22-9-5-6-10-23(22)18-24)17-20-11-15-25(16-12-20)33-19-21-7-3-2-4-8-21;1-28-27(32)25(30-26(31)22-12-11-21-8-5-15-29-24(21)17-22)16-19-9-13-23(14-10-19)33-18-20-6-3-2-4-7-20/h2-16,18,26H,17,19H2,1H3,(H,29,32)(H,30,31);2-15,17,25H,16,18H2,1H3,(H,28,32)(H,30,31). The average molecular weight is 878 g/mol. The van der Waals surface area contributed by atoms with Crippen LogP contribution in [0.5, 0.6) is 11.5 Å². The fourth-order valence-electron chi connectivity index (χ4n) is 7.19. The molecule has 2 unspecified atom stereocenters. The van der Waals surface area contributed by atoms with Crippen molar-refractivity contribution in [3.05, 3.63) is 222 Å². The van der Waals surface area contributed by atoms with Crippen LogP contribution in [-0.2, 0) is 35.6 Å². The van der Waals surface area contributed by atoms with Crippen molar-refractivity contribution >= 4 is 45.3 Å². The van der Waals surface area contributed by atoms with Crippen LogP contribution in [0.25, 0.3) is 21.7 Å². The van der Waals surface area contributed by atoms with E-state index in [1.165, 1.54) is 0 Å². The molecule has 332 valence electrons. The molecule has 11 heteroatoms. The summed E-state index contributed by atoms with van der Waals surface area (Å²) in [6.07, 6.45) is 2.42. The number of carbonyl (C=O) groups excluding carboxylic acids is 4. The minimum atomic E-state index is -0.710. The SMILES string of the molecule is CNC(=O)C(Cc1ccc(OCc2ccccc2)cc1)NC(=O)c1ccc2ccccc2c1.CNC(=O)C(Cc1ccc(OCc2ccccc2)cc1)NC(=O)c1ccc2cccnc2c1. The fraction of sp³-hybridized carbons (Fsp3) is 0.145. The van der Waals surface area contributed by atoms with Crippen molar-refractivity contribution in [2.75, 3.05) is 14.1 Å². The number of fused-ring (bicyclic) bond motifs is 2. The van der Waals surface area contributed by atoms with Crippen LogP contribution in [0.15, 0.2) is 188 Å². The molecule has 66 heavy (non-hydrogen) atoms. The van der Waals surface area contributed by atoms with Gasteiger partial charge in [-0.05, 0) is 87.6 Å². The quantitative estimate of drug-likeness (QED) is 0.0763. The maximum absolute atomic E-state index is 12.9. The highest BCUT2D eigenvalue weighted by molar-refractivity contribution is 6.01. The molecule has 0 fully saturated rings. The van der Waals surface area contributed by atoms with Gasteiger partial charge in [0.05, 0.1) is 5.52 Å². The molecule has 1 aromatic heterocycles. The lowest BCUT2D eigenvalue weighted by Crippen LogP contribution is -2.47. The molecular weight excluding hydrogens is 827 g/mol. The number of amides is 4. The van der Waals surface area contributed by atoms with Gasteiger partial charge in [0.15, 0.2) is 0 Å². The Bertz CT molecular complexity index is 2680. The van der Waals surface area contributed by atoms with Crippen molar-refractivity contribution in [1.82, 2.24) is 26.3 Å². The van der Waals surface area contributed by atoms with Crippen molar-refractivity contribution in [3.8, 4) is 11.5 Å². The smallest absolute Gasteiger partial charge is 0.252 e. The Labute approximate surface area is 384 Å². The second-order valence-corrected chi connectivity index (χ2v) is 15.5. The minimum Gasteiger partial charge on any atom is -0.489 e. The Morgan fingerprint density at radius 3 is 1.39 bits per heavy atom. The van der Waals surface area contributed by atoms with Gasteiger partial charge >= 0.3 is 0 Å². The van der Waals surface area contributed by atoms with Gasteiger partial charge in [-0.2, -0.15) is 0 Å². The van der Waals surface area contributed by atoms with Crippen molar-refractivity contribution in [3.63, 3.8) is 0 Å². The molecule has 8 aromatic rings. The van der Waals surface area contributed by atoms with Gasteiger partial charge in [-0.25, -0.2) is 0 Å². The van der Waals surface area contributed by atoms with Crippen molar-refractivity contribution < 1.29 is 28.7 Å². The first-order chi connectivity index (χ1) is 32.2. The number of aromatic nitrogens is 1. The van der Waals surface area contributed by atoms with E-state index in [0.29, 0.717) is 37.2 Å². The normalized spacial score (nSPS) is 11.5. The number of benzene rings is 7. The van der Waals surface area contributed by atoms with E-state index in [2.05, 4.69) is 26.3 Å². The molecule has 0 radical (unpaired) electrons. The number of likely N-dealkylation sites (N-methyl/N-ethyl adjacent to an activating group) is 2. The van der Waals surface area contributed by atoms with E-state index in [1.807, 2.05) is 164 Å². The molecule has 4 amide bonds. The topological polar surface area (TPSA) is 148 Å². The van der Waals surface area contributed by atoms with E-state index in [0.717, 1.165) is 55.4 Å². The highest BCUT2D eigenvalue weighted by Crippen LogP contribution is 2.20. The molecule has 0 spiro atoms. The minimum absolute atomic E-state index is 0.242. The lowest BCUT2D eigenvalue weighted by atomic mass is 10.0. The Balaban J connectivity index is 0.000000196. The van der Waals surface area contributed by atoms with Gasteiger partial charge in [0.1, 0.15) is 36.8 Å². The Hall–Kier alpha value is -8.31. The molecule has 2 atom stereocenters. The van der Waals surface area contributed by atoms with E-state index in [9.17, 15) is 19.2 Å². The van der Waals surface area contributed by atoms with Gasteiger partial charge in [-0.1, -0.05) is 127 Å². The van der Waals surface area contributed by atoms with Crippen molar-refractivity contribution in [2.45, 2.75) is 38.1 Å². The Morgan fingerprint density at radius 1 is 0.455 bits per heavy atom. The van der Waals surface area contributed by atoms with Crippen molar-refractivity contribution in [1.29, 1.82) is 0 Å². The first kappa shape index (κ1) is 45.7. The first-order valence-corrected chi connectivity index (χ1v) is 21.6. The molecule has 0 saturated carbocycles. The third-order valence-corrected chi connectivity index (χ3v) is 10.8. The Morgan fingerprint density at radius 2 is 0.894 bits per heavy atom. The van der Waals surface area contributed by atoms with E-state index in [4.69, 9.17) is 9.47 Å². The lowest BCUT2D eigenvalue weighted by molar-refractivity contribution is -0.123. The molecule has 0 aliphatic carbocycles. The number of hydrogen-bond donors (Lipinski definition) is 4. The second-order valence-electron chi connectivity index (χ2n) is 15.5. The van der Waals surface area contributed by atoms with Crippen LogP contribution in [0.3, 0.4) is 0 Å². The predicted molar refractivity (Wildman–Crippen MR) is 258 cm³/mol. The molecule has 1 heterocycles. The van der Waals surface area contributed by atoms with Gasteiger partial charge in [-0.15, -0.1) is 0 Å². The third kappa shape index (κ3) is 12.9. The largest absolute Gasteiger partial charge is 0.489 e. The van der Waals surface area contributed by atoms with E-state index < -0.39 is 12.1 Å². The summed E-state index contributed by atoms with van der Waals surface area (Å²) in [6.45, 7) is 0.973. The predicted octanol–water partition coefficient (Wildman–Crippen LogP) is 8.41. The summed E-state index contributed by atoms with van der Waals surface area (Å²) in [7, 11) is 3.12. The van der Waals surface area contributed by atoms with Crippen LogP contribution in [0.2, 0.25) is 0 Å². The molecule has 7 aromatic carbocycles. The molecule has 0 saturated heterocycles. The fourth-order valence-corrected chi connectivity index (χ4v) is 7.19. The zero-order valence-corrected chi connectivity index (χ0v) is 36.8. The third-order valence-electron chi connectivity index (χ3n) is 10.8. The monoisotopic (exact) mass is 877 g/mol. The molecule has 4 N–H and O–H groups in total. The number of ether oxygens (including phenoxy) is 2. The number of hydrogen-bond acceptors (Lipinski definition) is 7. The number of nitrogens with one attached hydrogen (secondary N) is 4. The molecule has 11 nitrogen and oxygen atoms in total. The molecular formula is C55H51N5O6. The zero-order chi connectivity index (χ0) is 46.1.